The molecule has 0 saturated heterocycles. The van der Waals surface area contributed by atoms with Gasteiger partial charge in [-0.15, -0.1) is 0 Å². The molecule has 0 aliphatic rings. The van der Waals surface area contributed by atoms with E-state index in [-0.39, 0.29) is 2.14 Å². The molecule has 0 radical (unpaired) electrons. The van der Waals surface area contributed by atoms with Gasteiger partial charge in [-0.25, -0.2) is 0 Å². The van der Waals surface area contributed by atoms with E-state index in [2.05, 4.69) is 47.8 Å². The van der Waals surface area contributed by atoms with Gasteiger partial charge in [-0.3, -0.25) is 0 Å². The molecule has 8 heavy (non-hydrogen) atoms. The first-order valence-corrected chi connectivity index (χ1v) is 5.17. The van der Waals surface area contributed by atoms with Gasteiger partial charge >= 0.3 is 11.7 Å². The summed E-state index contributed by atoms with van der Waals surface area (Å²) in [4.78, 5) is 0. The van der Waals surface area contributed by atoms with Crippen LogP contribution < -0.4 is 0 Å². The largest absolute Gasteiger partial charge is 0.458 e. The molecule has 0 amide bonds. The number of hydrogen-bond donors (Lipinski definition) is 0. The van der Waals surface area contributed by atoms with E-state index in [0.717, 1.165) is 6.42 Å². The second-order valence-electron chi connectivity index (χ2n) is 1.19. The summed E-state index contributed by atoms with van der Waals surface area (Å²) in [5.74, 6) is 0.599. The van der Waals surface area contributed by atoms with Crippen molar-refractivity contribution in [2.75, 3.05) is 5.75 Å². The molecule has 0 bridgehead atoms. The van der Waals surface area contributed by atoms with Gasteiger partial charge in [0.2, 0.25) is 5.75 Å². The van der Waals surface area contributed by atoms with Crippen molar-refractivity contribution in [2.45, 2.75) is 8.56 Å². The van der Waals surface area contributed by atoms with Crippen LogP contribution in [0.3, 0.4) is 0 Å². The van der Waals surface area contributed by atoms with Crippen molar-refractivity contribution >= 4 is 59.5 Å². The van der Waals surface area contributed by atoms with Gasteiger partial charge in [-0.1, -0.05) is 47.8 Å². The van der Waals surface area contributed by atoms with E-state index in [9.17, 15) is 4.21 Å². The highest BCUT2D eigenvalue weighted by Gasteiger charge is 2.20. The molecular weight excluding hydrogens is 324 g/mol. The topological polar surface area (TPSA) is 17.1 Å². The number of hydrogen-bond acceptors (Lipinski definition) is 1. The molecule has 0 atom stereocenters. The summed E-state index contributed by atoms with van der Waals surface area (Å²) in [7, 11) is 0. The Morgan fingerprint density at radius 2 is 1.88 bits per heavy atom. The quantitative estimate of drug-likeness (QED) is 0.563. The Labute approximate surface area is 77.5 Å². The summed E-state index contributed by atoms with van der Waals surface area (Å²) in [6.07, 6.45) is 0.765. The SMILES string of the molecule is O=[S+]CCC(Br)(Br)Br. The molecule has 0 saturated carbocycles. The highest BCUT2D eigenvalue weighted by molar-refractivity contribution is 9.39. The lowest BCUT2D eigenvalue weighted by Gasteiger charge is -2.03. The van der Waals surface area contributed by atoms with Crippen molar-refractivity contribution in [2.24, 2.45) is 0 Å². The molecule has 1 nitrogen and oxygen atoms in total. The van der Waals surface area contributed by atoms with Crippen LogP contribution in [-0.2, 0) is 15.9 Å². The molecule has 0 aromatic heterocycles. The minimum Gasteiger partial charge on any atom is -0.0597 e. The zero-order valence-electron chi connectivity index (χ0n) is 3.86. The normalized spacial score (nSPS) is 11.4. The van der Waals surface area contributed by atoms with Crippen molar-refractivity contribution < 1.29 is 4.21 Å². The minimum absolute atomic E-state index is 0.232. The first-order chi connectivity index (χ1) is 3.56. The molecule has 0 aliphatic heterocycles. The molecule has 0 fully saturated rings. The van der Waals surface area contributed by atoms with Crippen LogP contribution >= 0.6 is 47.8 Å². The molecule has 0 aromatic carbocycles. The Balaban J connectivity index is 3.24. The zero-order valence-corrected chi connectivity index (χ0v) is 9.44. The predicted molar refractivity (Wildman–Crippen MR) is 47.0 cm³/mol. The maximum Gasteiger partial charge on any atom is 0.458 e. The Morgan fingerprint density at radius 3 is 2.00 bits per heavy atom. The molecule has 0 rings (SSSR count). The molecule has 0 aromatic rings. The third kappa shape index (κ3) is 7.46. The molecule has 0 unspecified atom stereocenters. The van der Waals surface area contributed by atoms with Gasteiger partial charge in [0.1, 0.15) is 2.14 Å². The van der Waals surface area contributed by atoms with Gasteiger partial charge < -0.3 is 0 Å². The summed E-state index contributed by atoms with van der Waals surface area (Å²) < 4.78 is 9.60. The summed E-state index contributed by atoms with van der Waals surface area (Å²) in [6.45, 7) is 0. The first-order valence-electron chi connectivity index (χ1n) is 1.88. The molecule has 0 aliphatic carbocycles. The van der Waals surface area contributed by atoms with Crippen LogP contribution in [0.1, 0.15) is 6.42 Å². The Kier molecular flexibility index (Phi) is 5.09. The van der Waals surface area contributed by atoms with E-state index < -0.39 is 0 Å². The zero-order chi connectivity index (χ0) is 6.62. The van der Waals surface area contributed by atoms with Crippen LogP contribution in [0.2, 0.25) is 0 Å². The van der Waals surface area contributed by atoms with Crippen LogP contribution in [0.5, 0.6) is 0 Å². The molecule has 5 heteroatoms. The van der Waals surface area contributed by atoms with E-state index in [1.807, 2.05) is 0 Å². The standard InChI is InChI=1S/C3H4Br3OS/c4-3(5,6)1-2-8-7/h1-2H2/q+1. The van der Waals surface area contributed by atoms with Crippen LogP contribution in [0.15, 0.2) is 0 Å². The Bertz CT molecular complexity index is 79.1. The van der Waals surface area contributed by atoms with E-state index >= 15 is 0 Å². The summed E-state index contributed by atoms with van der Waals surface area (Å²) in [5, 5.41) is 0. The fourth-order valence-corrected chi connectivity index (χ4v) is 1.93. The lowest BCUT2D eigenvalue weighted by Crippen LogP contribution is -2.00. The van der Waals surface area contributed by atoms with Crippen molar-refractivity contribution in [1.29, 1.82) is 0 Å². The van der Waals surface area contributed by atoms with Crippen molar-refractivity contribution in [1.82, 2.24) is 0 Å². The lowest BCUT2D eigenvalue weighted by molar-refractivity contribution is 0.604. The molecule has 0 N–H and O–H groups in total. The summed E-state index contributed by atoms with van der Waals surface area (Å²) in [6, 6.07) is 0. The molecule has 0 heterocycles. The van der Waals surface area contributed by atoms with Crippen molar-refractivity contribution in [3.8, 4) is 0 Å². The minimum atomic E-state index is -0.232. The van der Waals surface area contributed by atoms with E-state index in [0.29, 0.717) is 17.4 Å². The second kappa shape index (κ2) is 4.30. The number of rotatable bonds is 2. The third-order valence-corrected chi connectivity index (χ3v) is 2.03. The maximum atomic E-state index is 9.83. The van der Waals surface area contributed by atoms with Gasteiger partial charge in [0, 0.05) is 10.6 Å². The van der Waals surface area contributed by atoms with E-state index in [1.54, 1.807) is 0 Å². The smallest absolute Gasteiger partial charge is 0.0597 e. The fraction of sp³-hybridized carbons (Fsp3) is 1.00. The molecule has 48 valence electrons. The average molecular weight is 328 g/mol. The van der Waals surface area contributed by atoms with Gasteiger partial charge in [0.25, 0.3) is 0 Å². The fourth-order valence-electron chi connectivity index (χ4n) is 0.157. The molecule has 0 spiro atoms. The third-order valence-electron chi connectivity index (χ3n) is 0.469. The maximum absolute atomic E-state index is 9.83. The van der Waals surface area contributed by atoms with Crippen LogP contribution in [0.25, 0.3) is 0 Å². The average Bonchev–Trinajstić information content (AvgIpc) is 1.59. The monoisotopic (exact) mass is 325 g/mol. The first kappa shape index (κ1) is 9.46. The van der Waals surface area contributed by atoms with Gasteiger partial charge in [0.15, 0.2) is 0 Å². The van der Waals surface area contributed by atoms with E-state index in [4.69, 9.17) is 0 Å². The van der Waals surface area contributed by atoms with Crippen LogP contribution in [-0.4, -0.2) is 7.90 Å². The van der Waals surface area contributed by atoms with Gasteiger partial charge in [-0.2, -0.15) is 0 Å². The van der Waals surface area contributed by atoms with Gasteiger partial charge in [0.05, 0.1) is 0 Å². The Morgan fingerprint density at radius 1 is 1.38 bits per heavy atom. The van der Waals surface area contributed by atoms with Crippen molar-refractivity contribution in [3.05, 3.63) is 0 Å². The number of halogens is 3. The van der Waals surface area contributed by atoms with Crippen LogP contribution in [0, 0.1) is 0 Å². The van der Waals surface area contributed by atoms with Gasteiger partial charge in [-0.05, 0) is 0 Å². The summed E-state index contributed by atoms with van der Waals surface area (Å²) in [5.41, 5.74) is 0. The Hall–Kier alpha value is 1.46. The summed E-state index contributed by atoms with van der Waals surface area (Å²) >= 11 is 10.4. The predicted octanol–water partition coefficient (Wildman–Crippen LogP) is 2.64. The highest BCUT2D eigenvalue weighted by atomic mass is 80.0. The highest BCUT2D eigenvalue weighted by Crippen LogP contribution is 2.36. The second-order valence-corrected chi connectivity index (χ2v) is 9.08. The number of alkyl halides is 3. The van der Waals surface area contributed by atoms with Crippen LogP contribution in [0.4, 0.5) is 0 Å². The lowest BCUT2D eigenvalue weighted by atomic mass is 10.6. The van der Waals surface area contributed by atoms with Crippen molar-refractivity contribution in [3.63, 3.8) is 0 Å². The molecular formula is C3H4Br3OS+. The van der Waals surface area contributed by atoms with E-state index in [1.165, 1.54) is 0 Å².